The van der Waals surface area contributed by atoms with Gasteiger partial charge >= 0.3 is 0 Å². The van der Waals surface area contributed by atoms with Crippen LogP contribution >= 0.6 is 0 Å². The van der Waals surface area contributed by atoms with E-state index in [4.69, 9.17) is 0 Å². The van der Waals surface area contributed by atoms with Crippen molar-refractivity contribution < 1.29 is 22.0 Å². The predicted octanol–water partition coefficient (Wildman–Crippen LogP) is 3.69. The molecule has 6 nitrogen and oxygen atoms in total. The summed E-state index contributed by atoms with van der Waals surface area (Å²) < 4.78 is 55.1. The molecule has 2 aliphatic rings. The smallest absolute Gasteiger partial charge is 0.244 e. The van der Waals surface area contributed by atoms with Crippen LogP contribution in [0.2, 0.25) is 0 Å². The number of hydrogen-bond acceptors (Lipinski definition) is 4. The molecule has 0 spiro atoms. The monoisotopic (exact) mass is 491 g/mol. The molecule has 0 radical (unpaired) electrons. The van der Waals surface area contributed by atoms with E-state index in [1.165, 1.54) is 10.4 Å². The number of benzene rings is 2. The maximum absolute atomic E-state index is 13.6. The number of aryl methyl sites for hydroxylation is 3. The van der Waals surface area contributed by atoms with Crippen molar-refractivity contribution in [2.75, 3.05) is 31.1 Å². The average Bonchev–Trinajstić information content (AvgIpc) is 3.43. The maximum atomic E-state index is 13.6. The number of hydrogen-bond donors (Lipinski definition) is 1. The van der Waals surface area contributed by atoms with Crippen LogP contribution in [0, 0.1) is 38.3 Å². The Kier molecular flexibility index (Phi) is 6.96. The minimum Gasteiger partial charge on any atom is -0.371 e. The SMILES string of the molecule is Cc1cc(C)c(S(=O)(=O)N2CCCC2C(=O)NCC2CCN(c3ccc(F)c(F)c3)C2)c(C)c1. The molecule has 2 atom stereocenters. The van der Waals surface area contributed by atoms with Gasteiger partial charge in [0.1, 0.15) is 6.04 Å². The highest BCUT2D eigenvalue weighted by Gasteiger charge is 2.40. The van der Waals surface area contributed by atoms with Crippen molar-refractivity contribution in [2.45, 2.75) is 51.0 Å². The van der Waals surface area contributed by atoms with Gasteiger partial charge in [0.15, 0.2) is 11.6 Å². The molecule has 4 rings (SSSR count). The zero-order chi connectivity index (χ0) is 24.6. The van der Waals surface area contributed by atoms with Crippen LogP contribution in [0.25, 0.3) is 0 Å². The van der Waals surface area contributed by atoms with Gasteiger partial charge in [-0.15, -0.1) is 0 Å². The van der Waals surface area contributed by atoms with Gasteiger partial charge in [0.05, 0.1) is 4.90 Å². The van der Waals surface area contributed by atoms with Gasteiger partial charge < -0.3 is 10.2 Å². The Hall–Kier alpha value is -2.52. The number of anilines is 1. The van der Waals surface area contributed by atoms with Gasteiger partial charge in [0, 0.05) is 37.9 Å². The largest absolute Gasteiger partial charge is 0.371 e. The van der Waals surface area contributed by atoms with Crippen LogP contribution in [0.1, 0.15) is 36.0 Å². The molecule has 1 N–H and O–H groups in total. The standard InChI is InChI=1S/C25H31F2N3O3S/c1-16-11-17(2)24(18(3)12-16)34(32,33)30-9-4-5-23(30)25(31)28-14-19-8-10-29(15-19)20-6-7-21(26)22(27)13-20/h6-7,11-13,19,23H,4-5,8-10,14-15H2,1-3H3,(H,28,31). The molecule has 2 unspecified atom stereocenters. The summed E-state index contributed by atoms with van der Waals surface area (Å²) in [7, 11) is -3.80. The summed E-state index contributed by atoms with van der Waals surface area (Å²) in [5.41, 5.74) is 2.99. The van der Waals surface area contributed by atoms with Crippen LogP contribution in [0.3, 0.4) is 0 Å². The number of rotatable bonds is 6. The lowest BCUT2D eigenvalue weighted by molar-refractivity contribution is -0.124. The van der Waals surface area contributed by atoms with Crippen LogP contribution in [0.15, 0.2) is 35.2 Å². The van der Waals surface area contributed by atoms with Crippen LogP contribution in [0.5, 0.6) is 0 Å². The summed E-state index contributed by atoms with van der Waals surface area (Å²) in [4.78, 5) is 15.3. The van der Waals surface area contributed by atoms with Crippen molar-refractivity contribution in [1.82, 2.24) is 9.62 Å². The van der Waals surface area contributed by atoms with E-state index in [-0.39, 0.29) is 16.7 Å². The van der Waals surface area contributed by atoms with Crippen molar-refractivity contribution in [1.29, 1.82) is 0 Å². The predicted molar refractivity (Wildman–Crippen MR) is 127 cm³/mol. The molecular weight excluding hydrogens is 460 g/mol. The van der Waals surface area contributed by atoms with Crippen molar-refractivity contribution in [2.24, 2.45) is 5.92 Å². The van der Waals surface area contributed by atoms with Gasteiger partial charge in [0.2, 0.25) is 15.9 Å². The molecule has 2 heterocycles. The second kappa shape index (κ2) is 9.62. The molecule has 2 saturated heterocycles. The molecule has 2 fully saturated rings. The Morgan fingerprint density at radius 1 is 1.03 bits per heavy atom. The highest BCUT2D eigenvalue weighted by molar-refractivity contribution is 7.89. The Morgan fingerprint density at radius 2 is 1.74 bits per heavy atom. The summed E-state index contributed by atoms with van der Waals surface area (Å²) in [6.07, 6.45) is 1.92. The number of carbonyl (C=O) groups is 1. The first-order valence-electron chi connectivity index (χ1n) is 11.7. The van der Waals surface area contributed by atoms with E-state index in [2.05, 4.69) is 5.32 Å². The molecule has 34 heavy (non-hydrogen) atoms. The fourth-order valence-corrected chi connectivity index (χ4v) is 7.33. The first-order valence-corrected chi connectivity index (χ1v) is 13.1. The van der Waals surface area contributed by atoms with Crippen molar-refractivity contribution in [3.05, 3.63) is 58.7 Å². The Balaban J connectivity index is 1.40. The van der Waals surface area contributed by atoms with E-state index in [0.717, 1.165) is 18.1 Å². The van der Waals surface area contributed by atoms with Crippen molar-refractivity contribution >= 4 is 21.6 Å². The maximum Gasteiger partial charge on any atom is 0.244 e. The van der Waals surface area contributed by atoms with E-state index in [1.807, 2.05) is 24.0 Å². The van der Waals surface area contributed by atoms with Crippen LogP contribution in [-0.2, 0) is 14.8 Å². The summed E-state index contributed by atoms with van der Waals surface area (Å²) in [6, 6.07) is 6.83. The molecule has 2 aromatic carbocycles. The molecule has 0 aromatic heterocycles. The second-order valence-corrected chi connectivity index (χ2v) is 11.3. The van der Waals surface area contributed by atoms with E-state index >= 15 is 0 Å². The van der Waals surface area contributed by atoms with Crippen molar-refractivity contribution in [3.63, 3.8) is 0 Å². The van der Waals surface area contributed by atoms with Gasteiger partial charge in [-0.2, -0.15) is 4.31 Å². The van der Waals surface area contributed by atoms with Crippen LogP contribution in [0.4, 0.5) is 14.5 Å². The number of sulfonamides is 1. The highest BCUT2D eigenvalue weighted by Crippen LogP contribution is 2.31. The summed E-state index contributed by atoms with van der Waals surface area (Å²) in [6.45, 7) is 7.53. The molecule has 0 saturated carbocycles. The first kappa shape index (κ1) is 24.6. The lowest BCUT2D eigenvalue weighted by atomic mass is 10.1. The molecule has 1 amide bonds. The third-order valence-corrected chi connectivity index (χ3v) is 9.01. The third-order valence-electron chi connectivity index (χ3n) is 6.80. The lowest BCUT2D eigenvalue weighted by Gasteiger charge is -2.26. The van der Waals surface area contributed by atoms with Gasteiger partial charge in [0.25, 0.3) is 0 Å². The fourth-order valence-electron chi connectivity index (χ4n) is 5.26. The molecule has 2 aromatic rings. The Bertz CT molecular complexity index is 1180. The normalized spacial score (nSPS) is 21.3. The topological polar surface area (TPSA) is 69.7 Å². The molecule has 184 valence electrons. The number of nitrogens with one attached hydrogen (secondary N) is 1. The minimum absolute atomic E-state index is 0.144. The van der Waals surface area contributed by atoms with Gasteiger partial charge in [-0.1, -0.05) is 17.7 Å². The number of carbonyl (C=O) groups excluding carboxylic acids is 1. The highest BCUT2D eigenvalue weighted by atomic mass is 32.2. The molecule has 2 aliphatic heterocycles. The zero-order valence-electron chi connectivity index (χ0n) is 19.8. The number of amides is 1. The average molecular weight is 492 g/mol. The van der Waals surface area contributed by atoms with E-state index < -0.39 is 27.7 Å². The minimum atomic E-state index is -3.80. The van der Waals surface area contributed by atoms with Crippen LogP contribution < -0.4 is 10.2 Å². The molecular formula is C25H31F2N3O3S. The number of nitrogens with zero attached hydrogens (tertiary/aromatic N) is 2. The lowest BCUT2D eigenvalue weighted by Crippen LogP contribution is -2.47. The third kappa shape index (κ3) is 4.81. The molecule has 9 heteroatoms. The Morgan fingerprint density at radius 3 is 2.41 bits per heavy atom. The Labute approximate surface area is 200 Å². The van der Waals surface area contributed by atoms with E-state index in [0.29, 0.717) is 55.8 Å². The second-order valence-electron chi connectivity index (χ2n) is 9.45. The van der Waals surface area contributed by atoms with Gasteiger partial charge in [-0.3, -0.25) is 4.79 Å². The van der Waals surface area contributed by atoms with E-state index in [1.54, 1.807) is 19.9 Å². The number of halogens is 2. The summed E-state index contributed by atoms with van der Waals surface area (Å²) in [5, 5.41) is 2.95. The summed E-state index contributed by atoms with van der Waals surface area (Å²) in [5.74, 6) is -1.89. The van der Waals surface area contributed by atoms with E-state index in [9.17, 15) is 22.0 Å². The quantitative estimate of drug-likeness (QED) is 0.669. The molecule has 0 bridgehead atoms. The fraction of sp³-hybridized carbons (Fsp3) is 0.480. The van der Waals surface area contributed by atoms with Gasteiger partial charge in [-0.25, -0.2) is 17.2 Å². The van der Waals surface area contributed by atoms with Crippen LogP contribution in [-0.4, -0.2) is 50.9 Å². The molecule has 0 aliphatic carbocycles. The summed E-state index contributed by atoms with van der Waals surface area (Å²) >= 11 is 0. The van der Waals surface area contributed by atoms with Crippen molar-refractivity contribution in [3.8, 4) is 0 Å². The zero-order valence-corrected chi connectivity index (χ0v) is 20.6. The first-order chi connectivity index (χ1) is 16.1. The van der Waals surface area contributed by atoms with Gasteiger partial charge in [-0.05, 0) is 69.2 Å².